The van der Waals surface area contributed by atoms with Gasteiger partial charge in [0, 0.05) is 13.0 Å². The van der Waals surface area contributed by atoms with Crippen LogP contribution in [0.1, 0.15) is 56.6 Å². The van der Waals surface area contributed by atoms with E-state index in [2.05, 4.69) is 17.0 Å². The lowest BCUT2D eigenvalue weighted by Gasteiger charge is -2.28. The molecule has 3 aliphatic rings. The Bertz CT molecular complexity index is 568. The maximum atomic E-state index is 12.9. The first-order valence-corrected chi connectivity index (χ1v) is 9.18. The van der Waals surface area contributed by atoms with Crippen LogP contribution in [0.25, 0.3) is 0 Å². The van der Waals surface area contributed by atoms with E-state index in [-0.39, 0.29) is 6.04 Å². The van der Waals surface area contributed by atoms with Gasteiger partial charge in [-0.05, 0) is 67.6 Å². The lowest BCUT2D eigenvalue weighted by atomic mass is 9.86. The fourth-order valence-corrected chi connectivity index (χ4v) is 5.21. The van der Waals surface area contributed by atoms with Gasteiger partial charge in [-0.15, -0.1) is 0 Å². The zero-order valence-electron chi connectivity index (χ0n) is 14.0. The highest BCUT2D eigenvalue weighted by Gasteiger charge is 2.41. The molecule has 1 aliphatic heterocycles. The van der Waals surface area contributed by atoms with E-state index >= 15 is 0 Å². The number of nitrogens with zero attached hydrogens (tertiary/aromatic N) is 1. The number of fused-ring (bicyclic) bond motifs is 2. The van der Waals surface area contributed by atoms with Crippen molar-refractivity contribution in [3.05, 3.63) is 29.8 Å². The van der Waals surface area contributed by atoms with Gasteiger partial charge in [0.05, 0.1) is 13.2 Å². The number of carbonyl (C=O) groups excluding carboxylic acids is 1. The third-order valence-corrected chi connectivity index (χ3v) is 6.40. The van der Waals surface area contributed by atoms with Gasteiger partial charge in [0.2, 0.25) is 5.91 Å². The molecule has 23 heavy (non-hydrogen) atoms. The first-order valence-electron chi connectivity index (χ1n) is 9.18. The van der Waals surface area contributed by atoms with Gasteiger partial charge in [-0.2, -0.15) is 0 Å². The van der Waals surface area contributed by atoms with Crippen LogP contribution < -0.4 is 4.74 Å². The Hall–Kier alpha value is -1.51. The quantitative estimate of drug-likeness (QED) is 0.834. The molecule has 0 aromatic heterocycles. The number of benzene rings is 1. The highest BCUT2D eigenvalue weighted by molar-refractivity contribution is 5.77. The van der Waals surface area contributed by atoms with Crippen LogP contribution in [0.5, 0.6) is 5.75 Å². The summed E-state index contributed by atoms with van der Waals surface area (Å²) in [7, 11) is 1.69. The predicted molar refractivity (Wildman–Crippen MR) is 90.2 cm³/mol. The molecule has 1 aromatic rings. The summed E-state index contributed by atoms with van der Waals surface area (Å²) in [6.07, 6.45) is 8.47. The summed E-state index contributed by atoms with van der Waals surface area (Å²) in [5.74, 6) is 3.70. The fourth-order valence-electron chi connectivity index (χ4n) is 5.21. The van der Waals surface area contributed by atoms with Crippen molar-refractivity contribution in [2.24, 2.45) is 17.8 Å². The van der Waals surface area contributed by atoms with Crippen LogP contribution in [0.3, 0.4) is 0 Å². The van der Waals surface area contributed by atoms with Gasteiger partial charge in [-0.25, -0.2) is 0 Å². The third kappa shape index (κ3) is 2.86. The van der Waals surface area contributed by atoms with Crippen molar-refractivity contribution in [2.45, 2.75) is 51.0 Å². The Balaban J connectivity index is 1.43. The molecule has 2 bridgehead atoms. The van der Waals surface area contributed by atoms with E-state index < -0.39 is 0 Å². The molecule has 0 radical (unpaired) electrons. The first kappa shape index (κ1) is 15.0. The maximum absolute atomic E-state index is 12.9. The second kappa shape index (κ2) is 6.18. The van der Waals surface area contributed by atoms with E-state index in [0.29, 0.717) is 11.8 Å². The predicted octanol–water partition coefficient (Wildman–Crippen LogP) is 4.19. The minimum absolute atomic E-state index is 0.270. The molecule has 124 valence electrons. The monoisotopic (exact) mass is 313 g/mol. The van der Waals surface area contributed by atoms with Gasteiger partial charge >= 0.3 is 0 Å². The number of rotatable bonds is 4. The Labute approximate surface area is 139 Å². The molecular weight excluding hydrogens is 286 g/mol. The van der Waals surface area contributed by atoms with Crippen LogP contribution in [0.2, 0.25) is 0 Å². The second-order valence-corrected chi connectivity index (χ2v) is 7.66. The maximum Gasteiger partial charge on any atom is 0.223 e. The van der Waals surface area contributed by atoms with Crippen molar-refractivity contribution in [3.63, 3.8) is 0 Å². The van der Waals surface area contributed by atoms with E-state index in [1.807, 2.05) is 12.1 Å². The largest absolute Gasteiger partial charge is 0.497 e. The number of hydrogen-bond acceptors (Lipinski definition) is 2. The van der Waals surface area contributed by atoms with Crippen molar-refractivity contribution >= 4 is 5.91 Å². The summed E-state index contributed by atoms with van der Waals surface area (Å²) in [5.41, 5.74) is 1.25. The molecule has 0 unspecified atom stereocenters. The number of ether oxygens (including phenoxy) is 1. The number of likely N-dealkylation sites (tertiary alicyclic amines) is 1. The van der Waals surface area contributed by atoms with Crippen LogP contribution in [-0.2, 0) is 4.79 Å². The van der Waals surface area contributed by atoms with Crippen molar-refractivity contribution in [1.82, 2.24) is 4.90 Å². The molecule has 1 heterocycles. The van der Waals surface area contributed by atoms with Crippen LogP contribution in [0.4, 0.5) is 0 Å². The lowest BCUT2D eigenvalue weighted by Crippen LogP contribution is -2.32. The van der Waals surface area contributed by atoms with Gasteiger partial charge in [0.1, 0.15) is 5.75 Å². The molecule has 1 aromatic carbocycles. The van der Waals surface area contributed by atoms with E-state index in [9.17, 15) is 4.79 Å². The number of carbonyl (C=O) groups is 1. The molecule has 2 saturated carbocycles. The smallest absolute Gasteiger partial charge is 0.223 e. The Morgan fingerprint density at radius 1 is 1.17 bits per heavy atom. The summed E-state index contributed by atoms with van der Waals surface area (Å²) >= 11 is 0. The molecule has 3 heteroatoms. The number of amides is 1. The normalized spacial score (nSPS) is 32.5. The average Bonchev–Trinajstić information content (AvgIpc) is 3.31. The standard InChI is InChI=1S/C20H27NO2/c1-23-18-8-6-15(7-9-18)19-3-2-10-21(19)20(22)13-17-12-14-4-5-16(17)11-14/h6-9,14,16-17,19H,2-5,10-13H2,1H3/t14-,16-,17+,19-/m0/s1. The summed E-state index contributed by atoms with van der Waals surface area (Å²) < 4.78 is 5.24. The SMILES string of the molecule is COc1ccc([C@@H]2CCCN2C(=O)C[C@H]2C[C@H]3CC[C@H]2C3)cc1. The molecule has 4 rings (SSSR count). The molecule has 4 atom stereocenters. The third-order valence-electron chi connectivity index (χ3n) is 6.40. The van der Waals surface area contributed by atoms with Crippen LogP contribution in [-0.4, -0.2) is 24.5 Å². The average molecular weight is 313 g/mol. The fraction of sp³-hybridized carbons (Fsp3) is 0.650. The second-order valence-electron chi connectivity index (χ2n) is 7.66. The summed E-state index contributed by atoms with van der Waals surface area (Å²) in [6.45, 7) is 0.927. The number of hydrogen-bond donors (Lipinski definition) is 0. The molecule has 3 fully saturated rings. The number of methoxy groups -OCH3 is 1. The van der Waals surface area contributed by atoms with Crippen LogP contribution in [0, 0.1) is 17.8 Å². The molecule has 0 N–H and O–H groups in total. The molecule has 1 amide bonds. The van der Waals surface area contributed by atoms with Gasteiger partial charge in [0.15, 0.2) is 0 Å². The minimum atomic E-state index is 0.270. The van der Waals surface area contributed by atoms with E-state index in [0.717, 1.165) is 43.4 Å². The van der Waals surface area contributed by atoms with Crippen molar-refractivity contribution < 1.29 is 9.53 Å². The molecule has 1 saturated heterocycles. The zero-order chi connectivity index (χ0) is 15.8. The Kier molecular flexibility index (Phi) is 4.04. The van der Waals surface area contributed by atoms with Crippen LogP contribution >= 0.6 is 0 Å². The molecule has 2 aliphatic carbocycles. The Morgan fingerprint density at radius 2 is 2.00 bits per heavy atom. The Morgan fingerprint density at radius 3 is 2.65 bits per heavy atom. The lowest BCUT2D eigenvalue weighted by molar-refractivity contribution is -0.133. The summed E-state index contributed by atoms with van der Waals surface area (Å²) in [6, 6.07) is 8.52. The topological polar surface area (TPSA) is 29.5 Å². The molecule has 0 spiro atoms. The van der Waals surface area contributed by atoms with Gasteiger partial charge < -0.3 is 9.64 Å². The van der Waals surface area contributed by atoms with E-state index in [1.165, 1.54) is 31.2 Å². The van der Waals surface area contributed by atoms with Crippen molar-refractivity contribution in [2.75, 3.05) is 13.7 Å². The highest BCUT2D eigenvalue weighted by atomic mass is 16.5. The zero-order valence-corrected chi connectivity index (χ0v) is 14.0. The summed E-state index contributed by atoms with van der Waals surface area (Å²) in [5, 5.41) is 0. The minimum Gasteiger partial charge on any atom is -0.497 e. The van der Waals surface area contributed by atoms with Gasteiger partial charge in [0.25, 0.3) is 0 Å². The van der Waals surface area contributed by atoms with E-state index in [4.69, 9.17) is 4.74 Å². The van der Waals surface area contributed by atoms with Gasteiger partial charge in [-0.3, -0.25) is 4.79 Å². The highest BCUT2D eigenvalue weighted by Crippen LogP contribution is 2.50. The van der Waals surface area contributed by atoms with E-state index in [1.54, 1.807) is 7.11 Å². The summed E-state index contributed by atoms with van der Waals surface area (Å²) in [4.78, 5) is 15.0. The first-order chi connectivity index (χ1) is 11.2. The van der Waals surface area contributed by atoms with Gasteiger partial charge in [-0.1, -0.05) is 18.6 Å². The molecule has 3 nitrogen and oxygen atoms in total. The molecular formula is C20H27NO2. The van der Waals surface area contributed by atoms with Crippen LogP contribution in [0.15, 0.2) is 24.3 Å². The van der Waals surface area contributed by atoms with Crippen molar-refractivity contribution in [3.8, 4) is 5.75 Å². The van der Waals surface area contributed by atoms with Crippen molar-refractivity contribution in [1.29, 1.82) is 0 Å².